The van der Waals surface area contributed by atoms with Gasteiger partial charge in [0.1, 0.15) is 5.65 Å². The fourth-order valence-corrected chi connectivity index (χ4v) is 4.46. The molecular weight excluding hydrogens is 365 g/mol. The number of fused-ring (bicyclic) bond motifs is 2. The largest absolute Gasteiger partial charge is 0.481 e. The summed E-state index contributed by atoms with van der Waals surface area (Å²) in [6.07, 6.45) is 4.25. The van der Waals surface area contributed by atoms with Crippen molar-refractivity contribution in [1.29, 1.82) is 0 Å². The quantitative estimate of drug-likeness (QED) is 0.880. The molecule has 2 aromatic rings. The molecular formula is C17H19Cl2N3O3. The number of rotatable bonds is 3. The first kappa shape index (κ1) is 18.2. The molecule has 8 heteroatoms. The Hall–Kier alpha value is -1.63. The predicted octanol–water partition coefficient (Wildman–Crippen LogP) is 2.46. The lowest BCUT2D eigenvalue weighted by molar-refractivity contribution is -0.149. The highest BCUT2D eigenvalue weighted by Gasteiger charge is 2.54. The number of pyridine rings is 1. The molecule has 1 aliphatic heterocycles. The van der Waals surface area contributed by atoms with Gasteiger partial charge in [0.2, 0.25) is 0 Å². The predicted molar refractivity (Wildman–Crippen MR) is 96.4 cm³/mol. The molecule has 0 radical (unpaired) electrons. The molecule has 1 N–H and O–H groups in total. The highest BCUT2D eigenvalue weighted by molar-refractivity contribution is 6.30. The smallest absolute Gasteiger partial charge is 0.311 e. The van der Waals surface area contributed by atoms with E-state index in [0.29, 0.717) is 29.5 Å². The third-order valence-electron chi connectivity index (χ3n) is 5.43. The van der Waals surface area contributed by atoms with Gasteiger partial charge in [0.15, 0.2) is 0 Å². The van der Waals surface area contributed by atoms with Crippen molar-refractivity contribution in [2.45, 2.75) is 25.8 Å². The summed E-state index contributed by atoms with van der Waals surface area (Å²) >= 11 is 5.92. The van der Waals surface area contributed by atoms with Crippen molar-refractivity contribution in [3.8, 4) is 0 Å². The summed E-state index contributed by atoms with van der Waals surface area (Å²) in [6, 6.07) is 4.92. The SMILES string of the molecule is Cl.O=C(O)[C@@]12CCC[C@H]1CN(Cc1cc(=O)n3cc(Cl)ccc3n1)C2. The van der Waals surface area contributed by atoms with Crippen LogP contribution in [0.4, 0.5) is 0 Å². The second kappa shape index (κ2) is 6.59. The minimum atomic E-state index is -0.686. The van der Waals surface area contributed by atoms with Crippen molar-refractivity contribution >= 4 is 35.6 Å². The fraction of sp³-hybridized carbons (Fsp3) is 0.471. The molecule has 2 aromatic heterocycles. The van der Waals surface area contributed by atoms with Gasteiger partial charge in [-0.2, -0.15) is 0 Å². The van der Waals surface area contributed by atoms with Gasteiger partial charge in [-0.1, -0.05) is 18.0 Å². The Balaban J connectivity index is 0.00000182. The molecule has 134 valence electrons. The molecule has 3 heterocycles. The highest BCUT2D eigenvalue weighted by Crippen LogP contribution is 2.49. The van der Waals surface area contributed by atoms with E-state index in [4.69, 9.17) is 11.6 Å². The van der Waals surface area contributed by atoms with E-state index in [0.717, 1.165) is 25.8 Å². The van der Waals surface area contributed by atoms with Gasteiger partial charge in [-0.05, 0) is 30.9 Å². The van der Waals surface area contributed by atoms with Crippen molar-refractivity contribution in [3.63, 3.8) is 0 Å². The zero-order valence-electron chi connectivity index (χ0n) is 13.5. The first-order chi connectivity index (χ1) is 11.5. The number of carboxylic acid groups (broad SMARTS) is 1. The monoisotopic (exact) mass is 383 g/mol. The van der Waals surface area contributed by atoms with Crippen LogP contribution in [0.25, 0.3) is 5.65 Å². The van der Waals surface area contributed by atoms with Crippen LogP contribution < -0.4 is 5.56 Å². The van der Waals surface area contributed by atoms with Crippen LogP contribution in [0, 0.1) is 11.3 Å². The molecule has 2 fully saturated rings. The number of hydrogen-bond donors (Lipinski definition) is 1. The number of aromatic nitrogens is 2. The van der Waals surface area contributed by atoms with Crippen LogP contribution in [0.5, 0.6) is 0 Å². The molecule has 1 saturated heterocycles. The summed E-state index contributed by atoms with van der Waals surface area (Å²) in [5.74, 6) is -0.482. The molecule has 2 aliphatic rings. The maximum absolute atomic E-state index is 12.2. The minimum Gasteiger partial charge on any atom is -0.481 e. The van der Waals surface area contributed by atoms with Crippen molar-refractivity contribution in [3.05, 3.63) is 45.5 Å². The average Bonchev–Trinajstić information content (AvgIpc) is 3.06. The molecule has 1 aliphatic carbocycles. The number of likely N-dealkylation sites (tertiary alicyclic amines) is 1. The van der Waals surface area contributed by atoms with Crippen molar-refractivity contribution in [2.24, 2.45) is 11.3 Å². The lowest BCUT2D eigenvalue weighted by Crippen LogP contribution is -2.35. The fourth-order valence-electron chi connectivity index (χ4n) is 4.30. The van der Waals surface area contributed by atoms with E-state index in [1.165, 1.54) is 10.5 Å². The molecule has 0 spiro atoms. The summed E-state index contributed by atoms with van der Waals surface area (Å²) in [5, 5.41) is 10.1. The number of carbonyl (C=O) groups is 1. The third kappa shape index (κ3) is 3.03. The van der Waals surface area contributed by atoms with E-state index in [9.17, 15) is 14.7 Å². The lowest BCUT2D eigenvalue weighted by atomic mass is 9.81. The van der Waals surface area contributed by atoms with Crippen LogP contribution in [-0.2, 0) is 11.3 Å². The summed E-state index contributed by atoms with van der Waals surface area (Å²) in [5.41, 5.74) is 0.432. The molecule has 2 atom stereocenters. The zero-order chi connectivity index (χ0) is 16.9. The Morgan fingerprint density at radius 3 is 2.96 bits per heavy atom. The second-order valence-electron chi connectivity index (χ2n) is 6.88. The van der Waals surface area contributed by atoms with Gasteiger partial charge in [0.05, 0.1) is 16.1 Å². The first-order valence-electron chi connectivity index (χ1n) is 8.11. The molecule has 1 saturated carbocycles. The minimum absolute atomic E-state index is 0. The maximum Gasteiger partial charge on any atom is 0.311 e. The van der Waals surface area contributed by atoms with Crippen molar-refractivity contribution in [1.82, 2.24) is 14.3 Å². The summed E-state index contributed by atoms with van der Waals surface area (Å²) in [6.45, 7) is 1.79. The van der Waals surface area contributed by atoms with Crippen molar-refractivity contribution in [2.75, 3.05) is 13.1 Å². The summed E-state index contributed by atoms with van der Waals surface area (Å²) in [4.78, 5) is 30.6. The standard InChI is InChI=1S/C17H18ClN3O3.ClH/c18-12-3-4-14-19-13(6-15(22)21(14)8-12)9-20-7-11-2-1-5-17(11,10-20)16(23)24;/h3-4,6,8,11H,1-2,5,7,9-10H2,(H,23,24);1H/t11-,17+;/m0./s1. The van der Waals surface area contributed by atoms with Gasteiger partial charge in [0.25, 0.3) is 5.56 Å². The van der Waals surface area contributed by atoms with Crippen LogP contribution in [0.15, 0.2) is 29.2 Å². The van der Waals surface area contributed by atoms with Gasteiger partial charge < -0.3 is 5.11 Å². The Morgan fingerprint density at radius 2 is 2.24 bits per heavy atom. The van der Waals surface area contributed by atoms with Crippen LogP contribution in [0.3, 0.4) is 0 Å². The van der Waals surface area contributed by atoms with Gasteiger partial charge in [0, 0.05) is 31.9 Å². The van der Waals surface area contributed by atoms with Crippen molar-refractivity contribution < 1.29 is 9.90 Å². The molecule has 25 heavy (non-hydrogen) atoms. The number of hydrogen-bond acceptors (Lipinski definition) is 4. The molecule has 0 aromatic carbocycles. The maximum atomic E-state index is 12.2. The number of aliphatic carboxylic acids is 1. The van der Waals surface area contributed by atoms with E-state index < -0.39 is 11.4 Å². The molecule has 0 bridgehead atoms. The topological polar surface area (TPSA) is 74.9 Å². The zero-order valence-corrected chi connectivity index (χ0v) is 15.1. The lowest BCUT2D eigenvalue weighted by Gasteiger charge is -2.23. The molecule has 6 nitrogen and oxygen atoms in total. The molecule has 0 unspecified atom stereocenters. The van der Waals surface area contributed by atoms with Crippen LogP contribution in [0.2, 0.25) is 5.02 Å². The molecule has 0 amide bonds. The normalized spacial score (nSPS) is 25.7. The first-order valence-corrected chi connectivity index (χ1v) is 8.49. The van der Waals surface area contributed by atoms with Gasteiger partial charge in [-0.25, -0.2) is 4.98 Å². The number of carboxylic acids is 1. The number of halogens is 2. The number of nitrogens with zero attached hydrogens (tertiary/aromatic N) is 3. The van der Waals surface area contributed by atoms with Gasteiger partial charge >= 0.3 is 5.97 Å². The third-order valence-corrected chi connectivity index (χ3v) is 5.65. The van der Waals surface area contributed by atoms with E-state index in [1.54, 1.807) is 18.3 Å². The van der Waals surface area contributed by atoms with E-state index in [1.807, 2.05) is 0 Å². The van der Waals surface area contributed by atoms with Crippen LogP contribution in [0.1, 0.15) is 25.0 Å². The van der Waals surface area contributed by atoms with Crippen LogP contribution in [-0.4, -0.2) is 38.4 Å². The van der Waals surface area contributed by atoms with Crippen LogP contribution >= 0.6 is 24.0 Å². The Labute approximate surface area is 155 Å². The van der Waals surface area contributed by atoms with E-state index in [-0.39, 0.29) is 23.9 Å². The summed E-state index contributed by atoms with van der Waals surface area (Å²) in [7, 11) is 0. The average molecular weight is 384 g/mol. The highest BCUT2D eigenvalue weighted by atomic mass is 35.5. The second-order valence-corrected chi connectivity index (χ2v) is 7.32. The Morgan fingerprint density at radius 1 is 1.44 bits per heavy atom. The Kier molecular flexibility index (Phi) is 4.79. The van der Waals surface area contributed by atoms with Gasteiger partial charge in [-0.3, -0.25) is 18.9 Å². The van der Waals surface area contributed by atoms with E-state index in [2.05, 4.69) is 9.88 Å². The Bertz CT molecular complexity index is 885. The van der Waals surface area contributed by atoms with Gasteiger partial charge in [-0.15, -0.1) is 12.4 Å². The summed E-state index contributed by atoms with van der Waals surface area (Å²) < 4.78 is 1.42. The van der Waals surface area contributed by atoms with E-state index >= 15 is 0 Å². The molecule has 4 rings (SSSR count).